The molecule has 0 aromatic heterocycles. The zero-order valence-electron chi connectivity index (χ0n) is 13.8. The number of likely N-dealkylation sites (tertiary alicyclic amines) is 1. The third-order valence-electron chi connectivity index (χ3n) is 4.14. The van der Waals surface area contributed by atoms with Crippen molar-refractivity contribution in [3.05, 3.63) is 0 Å². The van der Waals surface area contributed by atoms with Crippen molar-refractivity contribution in [2.24, 2.45) is 5.90 Å². The average molecular weight is 314 g/mol. The second kappa shape index (κ2) is 10.5. The molecule has 0 spiro atoms. The van der Waals surface area contributed by atoms with Crippen molar-refractivity contribution in [1.29, 1.82) is 0 Å². The second-order valence-corrected chi connectivity index (χ2v) is 5.98. The van der Waals surface area contributed by atoms with Gasteiger partial charge in [-0.1, -0.05) is 6.42 Å². The highest BCUT2D eigenvalue weighted by Crippen LogP contribution is 2.21. The largest absolute Gasteiger partial charge is 0.356 e. The lowest BCUT2D eigenvalue weighted by Gasteiger charge is -2.38. The summed E-state index contributed by atoms with van der Waals surface area (Å²) in [4.78, 5) is 30.2. The van der Waals surface area contributed by atoms with Gasteiger partial charge in [-0.15, -0.1) is 0 Å². The molecule has 7 nitrogen and oxygen atoms in total. The summed E-state index contributed by atoms with van der Waals surface area (Å²) in [6.07, 6.45) is 4.49. The lowest BCUT2D eigenvalue weighted by molar-refractivity contribution is -0.124. The van der Waals surface area contributed by atoms with Gasteiger partial charge in [0.1, 0.15) is 0 Å². The van der Waals surface area contributed by atoms with Crippen molar-refractivity contribution in [3.63, 3.8) is 0 Å². The van der Waals surface area contributed by atoms with E-state index in [0.29, 0.717) is 51.2 Å². The van der Waals surface area contributed by atoms with Gasteiger partial charge in [-0.2, -0.15) is 0 Å². The van der Waals surface area contributed by atoms with E-state index in [2.05, 4.69) is 34.2 Å². The van der Waals surface area contributed by atoms with Gasteiger partial charge in [0, 0.05) is 31.6 Å². The van der Waals surface area contributed by atoms with E-state index < -0.39 is 0 Å². The average Bonchev–Trinajstić information content (AvgIpc) is 2.48. The minimum absolute atomic E-state index is 0.00932. The van der Waals surface area contributed by atoms with E-state index in [1.807, 2.05) is 0 Å². The van der Waals surface area contributed by atoms with Crippen molar-refractivity contribution >= 4 is 11.8 Å². The van der Waals surface area contributed by atoms with Crippen LogP contribution < -0.4 is 16.5 Å². The van der Waals surface area contributed by atoms with Crippen LogP contribution in [0.25, 0.3) is 0 Å². The highest BCUT2D eigenvalue weighted by molar-refractivity contribution is 5.80. The van der Waals surface area contributed by atoms with Gasteiger partial charge in [0.25, 0.3) is 0 Å². The van der Waals surface area contributed by atoms with Gasteiger partial charge < -0.3 is 15.5 Å². The van der Waals surface area contributed by atoms with Crippen molar-refractivity contribution < 1.29 is 14.4 Å². The fourth-order valence-corrected chi connectivity index (χ4v) is 2.80. The fraction of sp³-hybridized carbons (Fsp3) is 0.867. The first kappa shape index (κ1) is 18.9. The number of nitrogens with two attached hydrogens (primary N) is 1. The molecule has 4 N–H and O–H groups in total. The van der Waals surface area contributed by atoms with Crippen LogP contribution in [0.4, 0.5) is 0 Å². The van der Waals surface area contributed by atoms with Crippen LogP contribution in [-0.2, 0) is 14.4 Å². The van der Waals surface area contributed by atoms with Gasteiger partial charge in [0.2, 0.25) is 11.8 Å². The molecule has 0 bridgehead atoms. The zero-order valence-corrected chi connectivity index (χ0v) is 13.8. The van der Waals surface area contributed by atoms with Crippen LogP contribution in [0.1, 0.15) is 46.0 Å². The third-order valence-corrected chi connectivity index (χ3v) is 4.14. The summed E-state index contributed by atoms with van der Waals surface area (Å²) in [6, 6.07) is 0.894. The molecule has 1 aliphatic heterocycles. The molecule has 2 atom stereocenters. The number of piperidine rings is 1. The molecule has 128 valence electrons. The molecule has 1 rings (SSSR count). The van der Waals surface area contributed by atoms with E-state index in [0.717, 1.165) is 12.8 Å². The van der Waals surface area contributed by atoms with Crippen LogP contribution in [0.2, 0.25) is 0 Å². The van der Waals surface area contributed by atoms with E-state index in [9.17, 15) is 9.59 Å². The van der Waals surface area contributed by atoms with Crippen LogP contribution in [0.3, 0.4) is 0 Å². The monoisotopic (exact) mass is 314 g/mol. The highest BCUT2D eigenvalue weighted by atomic mass is 16.6. The Morgan fingerprint density at radius 3 is 2.41 bits per heavy atom. The molecule has 2 amide bonds. The third kappa shape index (κ3) is 7.20. The minimum atomic E-state index is -0.0722. The summed E-state index contributed by atoms with van der Waals surface area (Å²) in [7, 11) is 0. The second-order valence-electron chi connectivity index (χ2n) is 5.98. The number of carbonyl (C=O) groups is 2. The normalized spacial score (nSPS) is 22.3. The summed E-state index contributed by atoms with van der Waals surface area (Å²) in [6.45, 7) is 6.07. The molecular weight excluding hydrogens is 284 g/mol. The highest BCUT2D eigenvalue weighted by Gasteiger charge is 2.26. The predicted molar refractivity (Wildman–Crippen MR) is 84.9 cm³/mol. The quantitative estimate of drug-likeness (QED) is 0.416. The topological polar surface area (TPSA) is 96.7 Å². The molecule has 1 fully saturated rings. The molecule has 0 radical (unpaired) electrons. The Morgan fingerprint density at radius 2 is 1.77 bits per heavy atom. The number of nitrogens with zero attached hydrogens (tertiary/aromatic N) is 1. The molecular formula is C15H30N4O3. The van der Waals surface area contributed by atoms with Gasteiger partial charge in [0.05, 0.1) is 13.2 Å². The van der Waals surface area contributed by atoms with E-state index in [1.54, 1.807) is 0 Å². The molecule has 0 aromatic carbocycles. The van der Waals surface area contributed by atoms with Crippen molar-refractivity contribution in [3.8, 4) is 0 Å². The molecule has 1 saturated heterocycles. The van der Waals surface area contributed by atoms with Crippen LogP contribution in [-0.4, -0.2) is 55.0 Å². The number of hydrogen-bond acceptors (Lipinski definition) is 5. The summed E-state index contributed by atoms with van der Waals surface area (Å²) >= 11 is 0. The number of nitrogens with one attached hydrogen (secondary N) is 2. The Labute approximate surface area is 132 Å². The number of carbonyl (C=O) groups excluding carboxylic acids is 2. The first-order valence-electron chi connectivity index (χ1n) is 8.15. The maximum Gasteiger partial charge on any atom is 0.234 e. The Hall–Kier alpha value is -1.18. The van der Waals surface area contributed by atoms with Gasteiger partial charge in [-0.25, -0.2) is 5.90 Å². The van der Waals surface area contributed by atoms with E-state index in [-0.39, 0.29) is 11.8 Å². The minimum Gasteiger partial charge on any atom is -0.356 e. The summed E-state index contributed by atoms with van der Waals surface area (Å²) in [5.41, 5.74) is 0. The zero-order chi connectivity index (χ0) is 16.4. The fourth-order valence-electron chi connectivity index (χ4n) is 2.80. The Kier molecular flexibility index (Phi) is 9.03. The van der Waals surface area contributed by atoms with Crippen molar-refractivity contribution in [2.75, 3.05) is 26.2 Å². The van der Waals surface area contributed by atoms with Crippen LogP contribution in [0, 0.1) is 0 Å². The maximum absolute atomic E-state index is 12.0. The van der Waals surface area contributed by atoms with Gasteiger partial charge in [0.15, 0.2) is 0 Å². The SMILES string of the molecule is C[C@@H]1CCC[C@H](C)N1CC(=O)NCCC(=O)NCCCON. The van der Waals surface area contributed by atoms with E-state index >= 15 is 0 Å². The van der Waals surface area contributed by atoms with E-state index in [4.69, 9.17) is 5.90 Å². The molecule has 0 aliphatic carbocycles. The Balaban J connectivity index is 2.13. The summed E-state index contributed by atoms with van der Waals surface area (Å²) in [5.74, 6) is 4.81. The molecule has 0 saturated carbocycles. The van der Waals surface area contributed by atoms with Gasteiger partial charge >= 0.3 is 0 Å². The predicted octanol–water partition coefficient (Wildman–Crippen LogP) is 0.152. The van der Waals surface area contributed by atoms with Crippen LogP contribution >= 0.6 is 0 Å². The first-order valence-corrected chi connectivity index (χ1v) is 8.15. The molecule has 7 heteroatoms. The summed E-state index contributed by atoms with van der Waals surface area (Å²) in [5, 5.41) is 5.57. The van der Waals surface area contributed by atoms with Crippen LogP contribution in [0.5, 0.6) is 0 Å². The lowest BCUT2D eigenvalue weighted by Crippen LogP contribution is -2.49. The van der Waals surface area contributed by atoms with Gasteiger partial charge in [-0.05, 0) is 33.1 Å². The van der Waals surface area contributed by atoms with Crippen molar-refractivity contribution in [1.82, 2.24) is 15.5 Å². The molecule has 1 aliphatic rings. The molecule has 1 heterocycles. The lowest BCUT2D eigenvalue weighted by atomic mass is 9.97. The molecule has 0 aromatic rings. The standard InChI is InChI=1S/C15H30N4O3/c1-12-5-3-6-13(2)19(12)11-15(21)18-9-7-14(20)17-8-4-10-22-16/h12-13H,3-11,16H2,1-2H3,(H,17,20)(H,18,21)/t12-,13+. The number of rotatable bonds is 9. The molecule has 0 unspecified atom stereocenters. The smallest absolute Gasteiger partial charge is 0.234 e. The first-order chi connectivity index (χ1) is 10.5. The number of hydrogen-bond donors (Lipinski definition) is 3. The van der Waals surface area contributed by atoms with Crippen LogP contribution in [0.15, 0.2) is 0 Å². The Bertz CT molecular complexity index is 342. The number of amides is 2. The molecule has 22 heavy (non-hydrogen) atoms. The van der Waals surface area contributed by atoms with Gasteiger partial charge in [-0.3, -0.25) is 14.5 Å². The van der Waals surface area contributed by atoms with E-state index in [1.165, 1.54) is 6.42 Å². The van der Waals surface area contributed by atoms with Crippen molar-refractivity contribution in [2.45, 2.75) is 58.0 Å². The Morgan fingerprint density at radius 1 is 1.14 bits per heavy atom. The maximum atomic E-state index is 12.0. The summed E-state index contributed by atoms with van der Waals surface area (Å²) < 4.78 is 0.